The van der Waals surface area contributed by atoms with Crippen LogP contribution in [0.15, 0.2) is 66.3 Å². The summed E-state index contributed by atoms with van der Waals surface area (Å²) in [7, 11) is -1.92. The second-order valence-electron chi connectivity index (χ2n) is 12.5. The third kappa shape index (κ3) is 6.90. The Labute approximate surface area is 217 Å². The summed E-state index contributed by atoms with van der Waals surface area (Å²) in [5.74, 6) is 6.94. The van der Waals surface area contributed by atoms with Crippen molar-refractivity contribution in [2.24, 2.45) is 10.8 Å². The molecule has 0 heterocycles. The van der Waals surface area contributed by atoms with E-state index < -0.39 is 8.32 Å². The minimum atomic E-state index is -1.92. The van der Waals surface area contributed by atoms with Gasteiger partial charge in [-0.2, -0.15) is 0 Å². The fourth-order valence-corrected chi connectivity index (χ4v) is 6.57. The average molecular weight is 489 g/mol. The van der Waals surface area contributed by atoms with Crippen molar-refractivity contribution in [2.75, 3.05) is 0 Å². The lowest BCUT2D eigenvalue weighted by Crippen LogP contribution is -2.50. The molecule has 2 aliphatic carbocycles. The molecule has 1 aromatic rings. The molecule has 2 saturated carbocycles. The van der Waals surface area contributed by atoms with Gasteiger partial charge in [0.1, 0.15) is 0 Å². The summed E-state index contributed by atoms with van der Waals surface area (Å²) in [6, 6.07) is 10.4. The number of allylic oxidation sites excluding steroid dienone is 5. The van der Waals surface area contributed by atoms with Crippen LogP contribution < -0.4 is 0 Å². The van der Waals surface area contributed by atoms with Gasteiger partial charge in [-0.25, -0.2) is 0 Å². The Morgan fingerprint density at radius 3 is 2.34 bits per heavy atom. The minimum absolute atomic E-state index is 0.118. The number of hydrogen-bond acceptors (Lipinski definition) is 1. The first-order valence-electron chi connectivity index (χ1n) is 13.7. The summed E-state index contributed by atoms with van der Waals surface area (Å²) in [4.78, 5) is 0. The van der Waals surface area contributed by atoms with E-state index in [0.717, 1.165) is 12.0 Å². The molecule has 2 fully saturated rings. The predicted octanol–water partition coefficient (Wildman–Crippen LogP) is 9.63. The van der Waals surface area contributed by atoms with Gasteiger partial charge in [0.25, 0.3) is 0 Å². The fourth-order valence-electron chi connectivity index (χ4n) is 5.25. The van der Waals surface area contributed by atoms with Gasteiger partial charge in [0.15, 0.2) is 8.32 Å². The molecule has 0 N–H and O–H groups in total. The zero-order valence-corrected chi connectivity index (χ0v) is 24.4. The van der Waals surface area contributed by atoms with Gasteiger partial charge >= 0.3 is 0 Å². The monoisotopic (exact) mass is 488 g/mol. The molecular weight excluding hydrogens is 440 g/mol. The van der Waals surface area contributed by atoms with Crippen LogP contribution in [0.1, 0.15) is 91.5 Å². The molecule has 2 heteroatoms. The topological polar surface area (TPSA) is 9.23 Å². The zero-order chi connectivity index (χ0) is 25.6. The van der Waals surface area contributed by atoms with Gasteiger partial charge in [-0.3, -0.25) is 0 Å². The van der Waals surface area contributed by atoms with E-state index in [2.05, 4.69) is 114 Å². The lowest BCUT2D eigenvalue weighted by atomic mass is 9.63. The van der Waals surface area contributed by atoms with Crippen LogP contribution in [0.5, 0.6) is 0 Å². The SMILES string of the molecule is C/C=C1\CCCC[C@@]1(C)/C=C/C=C/C(O[Si](C)(C)C(C)(C)C)C1(CC#Cc2ccccc2)CCC1. The second kappa shape index (κ2) is 11.5. The molecule has 35 heavy (non-hydrogen) atoms. The number of hydrogen-bond donors (Lipinski definition) is 0. The second-order valence-corrected chi connectivity index (χ2v) is 17.3. The summed E-state index contributed by atoms with van der Waals surface area (Å²) in [5.41, 5.74) is 3.02. The Hall–Kier alpha value is -1.82. The van der Waals surface area contributed by atoms with Gasteiger partial charge in [-0.15, -0.1) is 0 Å². The first kappa shape index (κ1) is 27.8. The van der Waals surface area contributed by atoms with Crippen molar-refractivity contribution >= 4 is 8.32 Å². The fraction of sp³-hybridized carbons (Fsp3) is 0.576. The van der Waals surface area contributed by atoms with Gasteiger partial charge in [-0.05, 0) is 69.3 Å². The highest BCUT2D eigenvalue weighted by Gasteiger charge is 2.48. The highest BCUT2D eigenvalue weighted by atomic mass is 28.4. The standard InChI is InChI=1S/C33H48OSi/c1-8-29-21-12-14-23-32(29,5)24-15-13-22-30(34-35(6,7)31(2,3)4)33(26-17-27-33)25-16-20-28-18-10-9-11-19-28/h8-11,13,15,18-19,22,24,30H,12,14,17,21,23,25-27H2,1-7H3/b22-13+,24-15+,29-8+/t30?,32-/m0/s1. The van der Waals surface area contributed by atoms with E-state index in [0.29, 0.717) is 0 Å². The Morgan fingerprint density at radius 1 is 1.03 bits per heavy atom. The van der Waals surface area contributed by atoms with Crippen molar-refractivity contribution in [3.8, 4) is 11.8 Å². The van der Waals surface area contributed by atoms with Gasteiger partial charge in [0.05, 0.1) is 6.10 Å². The van der Waals surface area contributed by atoms with Crippen molar-refractivity contribution < 1.29 is 4.43 Å². The lowest BCUT2D eigenvalue weighted by Gasteiger charge is -2.50. The van der Waals surface area contributed by atoms with Crippen LogP contribution in [0.2, 0.25) is 18.1 Å². The molecule has 0 amide bonds. The Kier molecular flexibility index (Phi) is 9.11. The van der Waals surface area contributed by atoms with Crippen molar-refractivity contribution in [1.82, 2.24) is 0 Å². The molecule has 0 aliphatic heterocycles. The van der Waals surface area contributed by atoms with E-state index in [4.69, 9.17) is 4.43 Å². The van der Waals surface area contributed by atoms with E-state index in [9.17, 15) is 0 Å². The molecule has 0 spiro atoms. The van der Waals surface area contributed by atoms with Crippen LogP contribution in [0.25, 0.3) is 0 Å². The third-order valence-electron chi connectivity index (χ3n) is 8.96. The van der Waals surface area contributed by atoms with E-state index in [1.807, 2.05) is 6.07 Å². The van der Waals surface area contributed by atoms with E-state index in [1.54, 1.807) is 5.57 Å². The molecule has 1 aromatic carbocycles. The summed E-state index contributed by atoms with van der Waals surface area (Å²) in [6.07, 6.45) is 21.5. The maximum absolute atomic E-state index is 7.11. The van der Waals surface area contributed by atoms with Crippen LogP contribution in [0.3, 0.4) is 0 Å². The minimum Gasteiger partial charge on any atom is -0.410 e. The Balaban J connectivity index is 1.83. The van der Waals surface area contributed by atoms with Crippen molar-refractivity contribution in [2.45, 2.75) is 110 Å². The highest BCUT2D eigenvalue weighted by molar-refractivity contribution is 6.74. The first-order chi connectivity index (χ1) is 16.5. The van der Waals surface area contributed by atoms with Crippen molar-refractivity contribution in [3.63, 3.8) is 0 Å². The predicted molar refractivity (Wildman–Crippen MR) is 155 cm³/mol. The normalized spacial score (nSPS) is 24.8. The van der Waals surface area contributed by atoms with Crippen LogP contribution in [-0.2, 0) is 4.43 Å². The molecule has 190 valence electrons. The summed E-state index contributed by atoms with van der Waals surface area (Å²) >= 11 is 0. The third-order valence-corrected chi connectivity index (χ3v) is 13.4. The van der Waals surface area contributed by atoms with Gasteiger partial charge in [-0.1, -0.05) is 107 Å². The number of benzene rings is 1. The molecule has 2 aliphatic rings. The van der Waals surface area contributed by atoms with Gasteiger partial charge < -0.3 is 4.43 Å². The maximum atomic E-state index is 7.11. The Morgan fingerprint density at radius 2 is 1.74 bits per heavy atom. The quantitative estimate of drug-likeness (QED) is 0.161. The zero-order valence-electron chi connectivity index (χ0n) is 23.4. The number of rotatable bonds is 7. The van der Waals surface area contributed by atoms with Crippen LogP contribution in [-0.4, -0.2) is 14.4 Å². The highest BCUT2D eigenvalue weighted by Crippen LogP contribution is 2.51. The summed E-state index contributed by atoms with van der Waals surface area (Å²) < 4.78 is 7.11. The molecule has 0 aromatic heterocycles. The molecule has 2 atom stereocenters. The molecular formula is C33H48OSi. The molecule has 0 radical (unpaired) electrons. The van der Waals surface area contributed by atoms with Crippen LogP contribution in [0, 0.1) is 22.7 Å². The van der Waals surface area contributed by atoms with Gasteiger partial charge in [0.2, 0.25) is 0 Å². The molecule has 1 nitrogen and oxygen atoms in total. The van der Waals surface area contributed by atoms with Crippen LogP contribution >= 0.6 is 0 Å². The molecule has 3 rings (SSSR count). The molecule has 0 bridgehead atoms. The largest absolute Gasteiger partial charge is 0.410 e. The molecule has 1 unspecified atom stereocenters. The first-order valence-corrected chi connectivity index (χ1v) is 16.7. The Bertz CT molecular complexity index is 975. The van der Waals surface area contributed by atoms with Crippen molar-refractivity contribution in [3.05, 3.63) is 71.8 Å². The summed E-state index contributed by atoms with van der Waals surface area (Å²) in [5, 5.41) is 0.186. The average Bonchev–Trinajstić information content (AvgIpc) is 2.78. The van der Waals surface area contributed by atoms with E-state index in [-0.39, 0.29) is 22.0 Å². The maximum Gasteiger partial charge on any atom is 0.192 e. The van der Waals surface area contributed by atoms with Gasteiger partial charge in [0, 0.05) is 22.8 Å². The van der Waals surface area contributed by atoms with Crippen molar-refractivity contribution in [1.29, 1.82) is 0 Å². The van der Waals surface area contributed by atoms with E-state index in [1.165, 1.54) is 44.9 Å². The molecule has 0 saturated heterocycles. The summed E-state index contributed by atoms with van der Waals surface area (Å²) in [6.45, 7) is 16.4. The smallest absolute Gasteiger partial charge is 0.192 e. The lowest BCUT2D eigenvalue weighted by molar-refractivity contribution is 0.00682. The van der Waals surface area contributed by atoms with Crippen LogP contribution in [0.4, 0.5) is 0 Å². The van der Waals surface area contributed by atoms with E-state index >= 15 is 0 Å².